The normalized spacial score (nSPS) is 10.3. The molecule has 1 aromatic heterocycles. The zero-order chi connectivity index (χ0) is 16.2. The van der Waals surface area contributed by atoms with E-state index >= 15 is 0 Å². The molecule has 22 heavy (non-hydrogen) atoms. The fourth-order valence-electron chi connectivity index (χ4n) is 1.79. The van der Waals surface area contributed by atoms with Crippen LogP contribution in [-0.2, 0) is 20.8 Å². The molecule has 0 bridgehead atoms. The van der Waals surface area contributed by atoms with Gasteiger partial charge in [-0.3, -0.25) is 9.48 Å². The third kappa shape index (κ3) is 7.63. The molecule has 8 heteroatoms. The van der Waals surface area contributed by atoms with Gasteiger partial charge in [0, 0.05) is 26.3 Å². The minimum atomic E-state index is -0.265. The highest BCUT2D eigenvalue weighted by Crippen LogP contribution is 2.04. The van der Waals surface area contributed by atoms with Crippen molar-refractivity contribution in [2.24, 2.45) is 0 Å². The van der Waals surface area contributed by atoms with Crippen molar-refractivity contribution in [3.63, 3.8) is 0 Å². The Morgan fingerprint density at radius 2 is 2.09 bits per heavy atom. The van der Waals surface area contributed by atoms with Gasteiger partial charge in [0.1, 0.15) is 0 Å². The van der Waals surface area contributed by atoms with Gasteiger partial charge >= 0.3 is 12.0 Å². The van der Waals surface area contributed by atoms with Gasteiger partial charge < -0.3 is 20.1 Å². The van der Waals surface area contributed by atoms with E-state index in [4.69, 9.17) is 4.74 Å². The van der Waals surface area contributed by atoms with E-state index in [0.717, 1.165) is 19.3 Å². The molecule has 8 nitrogen and oxygen atoms in total. The second-order valence-corrected chi connectivity index (χ2v) is 4.75. The van der Waals surface area contributed by atoms with E-state index < -0.39 is 0 Å². The third-order valence-corrected chi connectivity index (χ3v) is 2.99. The first-order chi connectivity index (χ1) is 10.7. The Hall–Kier alpha value is -2.09. The van der Waals surface area contributed by atoms with Crippen LogP contribution in [0.3, 0.4) is 0 Å². The number of carbonyl (C=O) groups is 2. The number of urea groups is 1. The largest absolute Gasteiger partial charge is 0.469 e. The minimum absolute atomic E-state index is 0.198. The quantitative estimate of drug-likeness (QED) is 0.503. The van der Waals surface area contributed by atoms with Crippen molar-refractivity contribution < 1.29 is 19.1 Å². The molecule has 0 aliphatic carbocycles. The van der Waals surface area contributed by atoms with E-state index in [1.165, 1.54) is 7.11 Å². The number of carbonyl (C=O) groups excluding carboxylic acids is 2. The number of esters is 1. The number of unbranched alkanes of at least 4 members (excludes halogenated alkanes) is 2. The SMILES string of the molecule is COCCn1cc(NC(=O)NCCCCCC(=O)OC)cn1. The first kappa shape index (κ1) is 18.0. The number of methoxy groups -OCH3 is 2. The lowest BCUT2D eigenvalue weighted by Crippen LogP contribution is -2.29. The van der Waals surface area contributed by atoms with Crippen LogP contribution in [0.1, 0.15) is 25.7 Å². The van der Waals surface area contributed by atoms with Gasteiger partial charge in [-0.05, 0) is 12.8 Å². The molecule has 2 N–H and O–H groups in total. The standard InChI is InChI=1S/C14H24N4O4/c1-21-9-8-18-11-12(10-16-18)17-14(20)15-7-5-3-4-6-13(19)22-2/h10-11H,3-9H2,1-2H3,(H2,15,17,20). The van der Waals surface area contributed by atoms with Crippen LogP contribution in [0, 0.1) is 0 Å². The van der Waals surface area contributed by atoms with Gasteiger partial charge in [0.25, 0.3) is 0 Å². The van der Waals surface area contributed by atoms with E-state index in [1.54, 1.807) is 24.2 Å². The summed E-state index contributed by atoms with van der Waals surface area (Å²) in [5.41, 5.74) is 0.638. The topological polar surface area (TPSA) is 94.5 Å². The Morgan fingerprint density at radius 1 is 1.27 bits per heavy atom. The second-order valence-electron chi connectivity index (χ2n) is 4.75. The number of amides is 2. The monoisotopic (exact) mass is 312 g/mol. The lowest BCUT2D eigenvalue weighted by atomic mass is 10.2. The molecule has 0 aliphatic heterocycles. The number of hydrogen-bond donors (Lipinski definition) is 2. The van der Waals surface area contributed by atoms with E-state index in [2.05, 4.69) is 20.5 Å². The average molecular weight is 312 g/mol. The van der Waals surface area contributed by atoms with Crippen molar-refractivity contribution in [1.82, 2.24) is 15.1 Å². The Balaban J connectivity index is 2.10. The summed E-state index contributed by atoms with van der Waals surface area (Å²) in [6, 6.07) is -0.265. The number of nitrogens with one attached hydrogen (secondary N) is 2. The van der Waals surface area contributed by atoms with Gasteiger partial charge in [0.15, 0.2) is 0 Å². The predicted octanol–water partition coefficient (Wildman–Crippen LogP) is 1.38. The fraction of sp³-hybridized carbons (Fsp3) is 0.643. The van der Waals surface area contributed by atoms with Crippen molar-refractivity contribution in [2.75, 3.05) is 32.7 Å². The van der Waals surface area contributed by atoms with Crippen molar-refractivity contribution in [2.45, 2.75) is 32.2 Å². The Bertz CT molecular complexity index is 461. The molecule has 0 aromatic carbocycles. The highest BCUT2D eigenvalue weighted by atomic mass is 16.5. The summed E-state index contributed by atoms with van der Waals surface area (Å²) in [6.45, 7) is 1.77. The molecule has 1 rings (SSSR count). The fourth-order valence-corrected chi connectivity index (χ4v) is 1.79. The molecule has 0 saturated heterocycles. The summed E-state index contributed by atoms with van der Waals surface area (Å²) in [7, 11) is 3.01. The average Bonchev–Trinajstić information content (AvgIpc) is 2.95. The Labute approximate surface area is 130 Å². The number of hydrogen-bond acceptors (Lipinski definition) is 5. The van der Waals surface area contributed by atoms with Crippen LogP contribution in [0.5, 0.6) is 0 Å². The molecule has 2 amide bonds. The molecular formula is C14H24N4O4. The highest BCUT2D eigenvalue weighted by molar-refractivity contribution is 5.88. The van der Waals surface area contributed by atoms with Crippen LogP contribution >= 0.6 is 0 Å². The van der Waals surface area contributed by atoms with Gasteiger partial charge in [-0.2, -0.15) is 5.10 Å². The van der Waals surface area contributed by atoms with Gasteiger partial charge in [0.2, 0.25) is 0 Å². The molecule has 0 saturated carbocycles. The van der Waals surface area contributed by atoms with Crippen LogP contribution in [0.25, 0.3) is 0 Å². The smallest absolute Gasteiger partial charge is 0.319 e. The van der Waals surface area contributed by atoms with Gasteiger partial charge in [0.05, 0.1) is 32.1 Å². The number of anilines is 1. The van der Waals surface area contributed by atoms with Crippen molar-refractivity contribution >= 4 is 17.7 Å². The van der Waals surface area contributed by atoms with Crippen LogP contribution in [0.15, 0.2) is 12.4 Å². The van der Waals surface area contributed by atoms with Gasteiger partial charge in [-0.25, -0.2) is 4.79 Å². The van der Waals surface area contributed by atoms with E-state index in [0.29, 0.717) is 31.8 Å². The highest BCUT2D eigenvalue weighted by Gasteiger charge is 2.04. The van der Waals surface area contributed by atoms with Crippen molar-refractivity contribution in [3.05, 3.63) is 12.4 Å². The van der Waals surface area contributed by atoms with Crippen LogP contribution < -0.4 is 10.6 Å². The molecule has 124 valence electrons. The first-order valence-corrected chi connectivity index (χ1v) is 7.28. The molecule has 0 unspecified atom stereocenters. The third-order valence-electron chi connectivity index (χ3n) is 2.99. The van der Waals surface area contributed by atoms with Crippen LogP contribution in [0.4, 0.5) is 10.5 Å². The molecule has 0 spiro atoms. The molecule has 0 atom stereocenters. The minimum Gasteiger partial charge on any atom is -0.469 e. The number of aromatic nitrogens is 2. The summed E-state index contributed by atoms with van der Waals surface area (Å²) >= 11 is 0. The maximum absolute atomic E-state index is 11.7. The van der Waals surface area contributed by atoms with Gasteiger partial charge in [-0.1, -0.05) is 6.42 Å². The molecule has 0 radical (unpaired) electrons. The first-order valence-electron chi connectivity index (χ1n) is 7.28. The van der Waals surface area contributed by atoms with Crippen molar-refractivity contribution in [3.8, 4) is 0 Å². The van der Waals surface area contributed by atoms with E-state index in [1.807, 2.05) is 0 Å². The molecule has 1 aromatic rings. The molecule has 0 aliphatic rings. The zero-order valence-electron chi connectivity index (χ0n) is 13.1. The number of rotatable bonds is 10. The lowest BCUT2D eigenvalue weighted by Gasteiger charge is -2.05. The lowest BCUT2D eigenvalue weighted by molar-refractivity contribution is -0.140. The van der Waals surface area contributed by atoms with Crippen LogP contribution in [-0.4, -0.2) is 49.2 Å². The summed E-state index contributed by atoms with van der Waals surface area (Å²) in [4.78, 5) is 22.6. The maximum atomic E-state index is 11.7. The summed E-state index contributed by atoms with van der Waals surface area (Å²) in [5, 5.41) is 9.57. The zero-order valence-corrected chi connectivity index (χ0v) is 13.1. The predicted molar refractivity (Wildman–Crippen MR) is 81.6 cm³/mol. The summed E-state index contributed by atoms with van der Waals surface area (Å²) in [5.74, 6) is -0.198. The Kier molecular flexibility index (Phi) is 8.66. The summed E-state index contributed by atoms with van der Waals surface area (Å²) in [6.07, 6.45) is 6.20. The molecule has 1 heterocycles. The Morgan fingerprint density at radius 3 is 2.82 bits per heavy atom. The van der Waals surface area contributed by atoms with Gasteiger partial charge in [-0.15, -0.1) is 0 Å². The second kappa shape index (κ2) is 10.6. The number of ether oxygens (including phenoxy) is 2. The van der Waals surface area contributed by atoms with Crippen LogP contribution in [0.2, 0.25) is 0 Å². The maximum Gasteiger partial charge on any atom is 0.319 e. The van der Waals surface area contributed by atoms with Crippen molar-refractivity contribution in [1.29, 1.82) is 0 Å². The van der Waals surface area contributed by atoms with E-state index in [9.17, 15) is 9.59 Å². The number of nitrogens with zero attached hydrogens (tertiary/aromatic N) is 2. The molecule has 0 fully saturated rings. The van der Waals surface area contributed by atoms with E-state index in [-0.39, 0.29) is 12.0 Å². The summed E-state index contributed by atoms with van der Waals surface area (Å²) < 4.78 is 11.2. The molecular weight excluding hydrogens is 288 g/mol.